The molecule has 5 heteroatoms. The van der Waals surface area contributed by atoms with Gasteiger partial charge >= 0.3 is 0 Å². The number of hydrogen-bond acceptors (Lipinski definition) is 3. The van der Waals surface area contributed by atoms with Crippen LogP contribution < -0.4 is 0 Å². The summed E-state index contributed by atoms with van der Waals surface area (Å²) in [7, 11) is 1.96. The Labute approximate surface area is 101 Å². The van der Waals surface area contributed by atoms with Crippen molar-refractivity contribution in [3.8, 4) is 0 Å². The van der Waals surface area contributed by atoms with Gasteiger partial charge in [0.2, 0.25) is 0 Å². The summed E-state index contributed by atoms with van der Waals surface area (Å²) in [6.07, 6.45) is 6.49. The maximum Gasteiger partial charge on any atom is 0.140 e. The molecule has 0 N–H and O–H groups in total. The van der Waals surface area contributed by atoms with Crippen LogP contribution in [0.2, 0.25) is 0 Å². The normalized spacial score (nSPS) is 34.5. The van der Waals surface area contributed by atoms with Crippen LogP contribution in [0.1, 0.15) is 31.5 Å². The summed E-state index contributed by atoms with van der Waals surface area (Å²) in [4.78, 5) is 6.88. The Balaban J connectivity index is 1.75. The van der Waals surface area contributed by atoms with E-state index in [1.54, 1.807) is 6.33 Å². The Bertz CT molecular complexity index is 364. The standard InChI is InChI=1S/C11H17ClN4/c1-15-11(13-7-14-15)6-16-9-2-3-10(16)5-8(12)4-9/h7-10H,2-6H2,1H3. The number of halogens is 1. The highest BCUT2D eigenvalue weighted by atomic mass is 35.5. The van der Waals surface area contributed by atoms with Gasteiger partial charge in [-0.1, -0.05) is 0 Å². The number of hydrogen-bond donors (Lipinski definition) is 0. The van der Waals surface area contributed by atoms with Gasteiger partial charge < -0.3 is 0 Å². The van der Waals surface area contributed by atoms with Gasteiger partial charge in [0.25, 0.3) is 0 Å². The summed E-state index contributed by atoms with van der Waals surface area (Å²) in [5.74, 6) is 1.06. The van der Waals surface area contributed by atoms with Crippen LogP contribution in [0.15, 0.2) is 6.33 Å². The van der Waals surface area contributed by atoms with E-state index in [0.717, 1.165) is 25.2 Å². The largest absolute Gasteiger partial charge is 0.290 e. The van der Waals surface area contributed by atoms with Gasteiger partial charge in [-0.15, -0.1) is 11.6 Å². The van der Waals surface area contributed by atoms with Gasteiger partial charge in [-0.2, -0.15) is 5.10 Å². The molecule has 0 spiro atoms. The molecule has 0 radical (unpaired) electrons. The number of alkyl halides is 1. The number of fused-ring (bicyclic) bond motifs is 2. The Kier molecular flexibility index (Phi) is 2.64. The molecule has 3 heterocycles. The fourth-order valence-corrected chi connectivity index (χ4v) is 3.50. The predicted molar refractivity (Wildman–Crippen MR) is 62.2 cm³/mol. The van der Waals surface area contributed by atoms with Crippen molar-refractivity contribution in [2.24, 2.45) is 7.05 Å². The zero-order chi connectivity index (χ0) is 11.1. The van der Waals surface area contributed by atoms with Crippen LogP contribution in [0.25, 0.3) is 0 Å². The van der Waals surface area contributed by atoms with Crippen LogP contribution in [0.5, 0.6) is 0 Å². The van der Waals surface area contributed by atoms with Crippen molar-refractivity contribution < 1.29 is 0 Å². The molecule has 2 unspecified atom stereocenters. The van der Waals surface area contributed by atoms with E-state index in [0.29, 0.717) is 17.5 Å². The Morgan fingerprint density at radius 3 is 2.62 bits per heavy atom. The summed E-state index contributed by atoms with van der Waals surface area (Å²) >= 11 is 6.26. The monoisotopic (exact) mass is 240 g/mol. The molecule has 2 aliphatic rings. The van der Waals surface area contributed by atoms with E-state index in [2.05, 4.69) is 15.0 Å². The van der Waals surface area contributed by atoms with E-state index in [-0.39, 0.29) is 0 Å². The molecule has 2 fully saturated rings. The Hall–Kier alpha value is -0.610. The van der Waals surface area contributed by atoms with Gasteiger partial charge in [0.15, 0.2) is 0 Å². The Morgan fingerprint density at radius 2 is 2.06 bits per heavy atom. The second-order valence-corrected chi connectivity index (χ2v) is 5.54. The number of aromatic nitrogens is 3. The highest BCUT2D eigenvalue weighted by Gasteiger charge is 2.40. The van der Waals surface area contributed by atoms with Gasteiger partial charge in [0, 0.05) is 24.5 Å². The third-order valence-electron chi connectivity index (χ3n) is 3.96. The smallest absolute Gasteiger partial charge is 0.140 e. The molecule has 0 saturated carbocycles. The van der Waals surface area contributed by atoms with Gasteiger partial charge in [0.05, 0.1) is 6.54 Å². The van der Waals surface area contributed by atoms with E-state index in [4.69, 9.17) is 11.6 Å². The predicted octanol–water partition coefficient (Wildman–Crippen LogP) is 1.55. The minimum Gasteiger partial charge on any atom is -0.290 e. The van der Waals surface area contributed by atoms with Crippen molar-refractivity contribution in [2.45, 2.75) is 49.7 Å². The highest BCUT2D eigenvalue weighted by Crippen LogP contribution is 2.38. The zero-order valence-corrected chi connectivity index (χ0v) is 10.3. The lowest BCUT2D eigenvalue weighted by Crippen LogP contribution is -2.43. The molecule has 1 aromatic heterocycles. The zero-order valence-electron chi connectivity index (χ0n) is 9.51. The lowest BCUT2D eigenvalue weighted by Gasteiger charge is -2.36. The van der Waals surface area contributed by atoms with Crippen LogP contribution in [0.3, 0.4) is 0 Å². The third kappa shape index (κ3) is 1.74. The van der Waals surface area contributed by atoms with E-state index in [1.165, 1.54) is 12.8 Å². The number of rotatable bonds is 2. The van der Waals surface area contributed by atoms with Gasteiger partial charge in [-0.05, 0) is 25.7 Å². The number of nitrogens with zero attached hydrogens (tertiary/aromatic N) is 4. The first-order valence-corrected chi connectivity index (χ1v) is 6.40. The number of piperidine rings is 1. The van der Waals surface area contributed by atoms with Crippen LogP contribution in [0, 0.1) is 0 Å². The highest BCUT2D eigenvalue weighted by molar-refractivity contribution is 6.20. The molecule has 3 rings (SSSR count). The average Bonchev–Trinajstić information content (AvgIpc) is 2.73. The molecule has 1 aromatic rings. The molecule has 2 bridgehead atoms. The molecular weight excluding hydrogens is 224 g/mol. The fraction of sp³-hybridized carbons (Fsp3) is 0.818. The van der Waals surface area contributed by atoms with Gasteiger partial charge in [-0.25, -0.2) is 4.98 Å². The SMILES string of the molecule is Cn1ncnc1CN1C2CCC1CC(Cl)C2. The van der Waals surface area contributed by atoms with Crippen LogP contribution in [0.4, 0.5) is 0 Å². The quantitative estimate of drug-likeness (QED) is 0.736. The van der Waals surface area contributed by atoms with E-state index in [9.17, 15) is 0 Å². The number of aryl methyl sites for hydroxylation is 1. The average molecular weight is 241 g/mol. The summed E-state index contributed by atoms with van der Waals surface area (Å²) in [5.41, 5.74) is 0. The van der Waals surface area contributed by atoms with E-state index >= 15 is 0 Å². The first-order valence-electron chi connectivity index (χ1n) is 5.96. The van der Waals surface area contributed by atoms with Crippen molar-refractivity contribution in [3.63, 3.8) is 0 Å². The molecule has 0 aromatic carbocycles. The van der Waals surface area contributed by atoms with Crippen molar-refractivity contribution >= 4 is 11.6 Å². The van der Waals surface area contributed by atoms with Crippen LogP contribution in [-0.2, 0) is 13.6 Å². The van der Waals surface area contributed by atoms with Crippen molar-refractivity contribution in [1.82, 2.24) is 19.7 Å². The fourth-order valence-electron chi connectivity index (χ4n) is 3.09. The van der Waals surface area contributed by atoms with E-state index in [1.807, 2.05) is 11.7 Å². The molecule has 16 heavy (non-hydrogen) atoms. The second kappa shape index (κ2) is 4.00. The summed E-state index contributed by atoms with van der Waals surface area (Å²) in [6.45, 7) is 0.926. The van der Waals surface area contributed by atoms with Crippen LogP contribution in [-0.4, -0.2) is 37.1 Å². The molecule has 2 aliphatic heterocycles. The molecule has 4 nitrogen and oxygen atoms in total. The molecule has 0 amide bonds. The minimum absolute atomic E-state index is 0.383. The first-order chi connectivity index (χ1) is 7.74. The maximum absolute atomic E-state index is 6.26. The molecule has 2 atom stereocenters. The lowest BCUT2D eigenvalue weighted by molar-refractivity contribution is 0.129. The third-order valence-corrected chi connectivity index (χ3v) is 4.31. The van der Waals surface area contributed by atoms with Crippen LogP contribution >= 0.6 is 11.6 Å². The second-order valence-electron chi connectivity index (χ2n) is 4.93. The van der Waals surface area contributed by atoms with Crippen molar-refractivity contribution in [3.05, 3.63) is 12.2 Å². The topological polar surface area (TPSA) is 34.0 Å². The summed E-state index contributed by atoms with van der Waals surface area (Å²) in [6, 6.07) is 1.33. The maximum atomic E-state index is 6.26. The van der Waals surface area contributed by atoms with Gasteiger partial charge in [0.1, 0.15) is 12.2 Å². The lowest BCUT2D eigenvalue weighted by atomic mass is 10.0. The summed E-state index contributed by atoms with van der Waals surface area (Å²) in [5, 5.41) is 4.50. The van der Waals surface area contributed by atoms with Crippen molar-refractivity contribution in [2.75, 3.05) is 0 Å². The Morgan fingerprint density at radius 1 is 1.38 bits per heavy atom. The molecule has 2 saturated heterocycles. The molecular formula is C11H17ClN4. The van der Waals surface area contributed by atoms with Crippen molar-refractivity contribution in [1.29, 1.82) is 0 Å². The van der Waals surface area contributed by atoms with E-state index < -0.39 is 0 Å². The van der Waals surface area contributed by atoms with Gasteiger partial charge in [-0.3, -0.25) is 9.58 Å². The minimum atomic E-state index is 0.383. The first kappa shape index (κ1) is 10.5. The molecule has 88 valence electrons. The molecule has 0 aliphatic carbocycles. The summed E-state index contributed by atoms with van der Waals surface area (Å²) < 4.78 is 1.87.